The van der Waals surface area contributed by atoms with E-state index in [0.717, 1.165) is 48.6 Å². The van der Waals surface area contributed by atoms with Crippen LogP contribution in [0.2, 0.25) is 0 Å². The van der Waals surface area contributed by atoms with Crippen molar-refractivity contribution in [3.05, 3.63) is 78.0 Å². The molecule has 0 bridgehead atoms. The van der Waals surface area contributed by atoms with Crippen LogP contribution in [0.4, 0.5) is 5.69 Å². The first kappa shape index (κ1) is 22.0. The van der Waals surface area contributed by atoms with Gasteiger partial charge in [0.05, 0.1) is 12.3 Å². The Morgan fingerprint density at radius 3 is 2.66 bits per heavy atom. The summed E-state index contributed by atoms with van der Waals surface area (Å²) in [6.07, 6.45) is 5.19. The minimum Gasteiger partial charge on any atom is -0.494 e. The smallest absolute Gasteiger partial charge is 0.224 e. The first-order valence-corrected chi connectivity index (χ1v) is 11.4. The van der Waals surface area contributed by atoms with Gasteiger partial charge in [0.1, 0.15) is 5.75 Å². The monoisotopic (exact) mass is 429 g/mol. The number of hydrogen-bond acceptors (Lipinski definition) is 4. The van der Waals surface area contributed by atoms with Crippen LogP contribution in [0.1, 0.15) is 42.7 Å². The van der Waals surface area contributed by atoms with E-state index >= 15 is 0 Å². The molecule has 1 fully saturated rings. The van der Waals surface area contributed by atoms with E-state index in [0.29, 0.717) is 25.4 Å². The van der Waals surface area contributed by atoms with Crippen LogP contribution in [0, 0.1) is 6.92 Å². The fraction of sp³-hybridized carbons (Fsp3) is 0.333. The molecule has 0 saturated carbocycles. The molecule has 4 rings (SSSR count). The number of hydrogen-bond donors (Lipinski definition) is 2. The van der Waals surface area contributed by atoms with E-state index in [1.807, 2.05) is 48.5 Å². The van der Waals surface area contributed by atoms with E-state index in [1.54, 1.807) is 6.20 Å². The van der Waals surface area contributed by atoms with Gasteiger partial charge in [-0.25, -0.2) is 0 Å². The third kappa shape index (κ3) is 5.95. The zero-order chi connectivity index (χ0) is 22.2. The molecule has 0 unspecified atom stereocenters. The first-order valence-electron chi connectivity index (χ1n) is 11.4. The van der Waals surface area contributed by atoms with Gasteiger partial charge in [-0.2, -0.15) is 0 Å². The van der Waals surface area contributed by atoms with Gasteiger partial charge in [0.15, 0.2) is 0 Å². The van der Waals surface area contributed by atoms with E-state index < -0.39 is 0 Å². The highest BCUT2D eigenvalue weighted by molar-refractivity contribution is 5.90. The molecule has 5 heteroatoms. The topological polar surface area (TPSA) is 63.2 Å². The molecule has 2 heterocycles. The Morgan fingerprint density at radius 2 is 1.91 bits per heavy atom. The lowest BCUT2D eigenvalue weighted by Gasteiger charge is -2.25. The normalized spacial score (nSPS) is 14.2. The summed E-state index contributed by atoms with van der Waals surface area (Å²) in [5, 5.41) is 6.47. The Kier molecular flexibility index (Phi) is 7.51. The number of pyridine rings is 1. The van der Waals surface area contributed by atoms with Crippen LogP contribution in [0.15, 0.2) is 66.9 Å². The van der Waals surface area contributed by atoms with Crippen molar-refractivity contribution in [3.8, 4) is 17.0 Å². The number of carbonyl (C=O) groups is 1. The largest absolute Gasteiger partial charge is 0.494 e. The average molecular weight is 430 g/mol. The second-order valence-electron chi connectivity index (χ2n) is 8.34. The minimum atomic E-state index is 0.0270. The van der Waals surface area contributed by atoms with Crippen molar-refractivity contribution < 1.29 is 9.53 Å². The number of aryl methyl sites for hydroxylation is 1. The molecule has 0 spiro atoms. The first-order chi connectivity index (χ1) is 15.7. The quantitative estimate of drug-likeness (QED) is 0.476. The molecule has 2 N–H and O–H groups in total. The van der Waals surface area contributed by atoms with Gasteiger partial charge < -0.3 is 15.4 Å². The van der Waals surface area contributed by atoms with Gasteiger partial charge >= 0.3 is 0 Å². The highest BCUT2D eigenvalue weighted by Gasteiger charge is 2.17. The van der Waals surface area contributed by atoms with Crippen molar-refractivity contribution in [1.29, 1.82) is 0 Å². The number of carbonyl (C=O) groups excluding carboxylic acids is 1. The van der Waals surface area contributed by atoms with E-state index in [4.69, 9.17) is 4.74 Å². The highest BCUT2D eigenvalue weighted by Crippen LogP contribution is 2.30. The predicted octanol–water partition coefficient (Wildman–Crippen LogP) is 5.32. The van der Waals surface area contributed by atoms with Crippen LogP contribution < -0.4 is 15.4 Å². The number of aromatic nitrogens is 1. The number of nitrogens with zero attached hydrogens (tertiary/aromatic N) is 1. The van der Waals surface area contributed by atoms with Crippen molar-refractivity contribution in [2.45, 2.75) is 38.5 Å². The number of ether oxygens (including phenoxy) is 1. The molecule has 0 aliphatic carbocycles. The van der Waals surface area contributed by atoms with Crippen LogP contribution in [-0.2, 0) is 4.79 Å². The number of rotatable bonds is 8. The summed E-state index contributed by atoms with van der Waals surface area (Å²) >= 11 is 0. The van der Waals surface area contributed by atoms with Crippen LogP contribution in [-0.4, -0.2) is 30.6 Å². The summed E-state index contributed by atoms with van der Waals surface area (Å²) in [5.41, 5.74) is 5.55. The zero-order valence-electron chi connectivity index (χ0n) is 18.6. The average Bonchev–Trinajstić information content (AvgIpc) is 2.84. The van der Waals surface area contributed by atoms with Gasteiger partial charge in [-0.3, -0.25) is 9.78 Å². The summed E-state index contributed by atoms with van der Waals surface area (Å²) in [6, 6.07) is 20.0. The minimum absolute atomic E-state index is 0.0270. The Bertz CT molecular complexity index is 1010. The third-order valence-electron chi connectivity index (χ3n) is 5.97. The van der Waals surface area contributed by atoms with Crippen LogP contribution in [0.25, 0.3) is 11.3 Å². The van der Waals surface area contributed by atoms with E-state index in [9.17, 15) is 4.79 Å². The van der Waals surface area contributed by atoms with Gasteiger partial charge in [-0.05, 0) is 105 Å². The second kappa shape index (κ2) is 10.9. The maximum absolute atomic E-state index is 12.4. The molecular formula is C27H31N3O2. The van der Waals surface area contributed by atoms with Gasteiger partial charge in [0.25, 0.3) is 0 Å². The molecule has 1 aromatic heterocycles. The lowest BCUT2D eigenvalue weighted by Crippen LogP contribution is -2.27. The Hall–Kier alpha value is -3.18. The molecule has 166 valence electrons. The van der Waals surface area contributed by atoms with E-state index in [-0.39, 0.29) is 5.91 Å². The number of anilines is 1. The highest BCUT2D eigenvalue weighted by atomic mass is 16.5. The Morgan fingerprint density at radius 1 is 1.09 bits per heavy atom. The van der Waals surface area contributed by atoms with Crippen molar-refractivity contribution in [3.63, 3.8) is 0 Å². The summed E-state index contributed by atoms with van der Waals surface area (Å²) in [6.45, 7) is 4.78. The van der Waals surface area contributed by atoms with Crippen molar-refractivity contribution in [2.24, 2.45) is 0 Å². The summed E-state index contributed by atoms with van der Waals surface area (Å²) in [7, 11) is 0. The SMILES string of the molecule is Cc1ccc(NC(=O)CCCOc2ccc(-c3ccccn3)cc2)cc1C1CCNCC1. The van der Waals surface area contributed by atoms with E-state index in [1.165, 1.54) is 11.1 Å². The molecule has 2 aromatic carbocycles. The maximum atomic E-state index is 12.4. The van der Waals surface area contributed by atoms with Crippen LogP contribution >= 0.6 is 0 Å². The molecule has 1 aliphatic rings. The van der Waals surface area contributed by atoms with Crippen molar-refractivity contribution in [1.82, 2.24) is 10.3 Å². The Balaban J connectivity index is 1.22. The van der Waals surface area contributed by atoms with Gasteiger partial charge in [-0.1, -0.05) is 12.1 Å². The molecule has 1 aliphatic heterocycles. The standard InChI is InChI=1S/C27H31N3O2/c1-20-7-10-23(19-25(20)21-13-16-28-17-14-21)30-27(31)6-4-18-32-24-11-8-22(9-12-24)26-5-2-3-15-29-26/h2-3,5,7-12,15,19,21,28H,4,6,13-14,16-18H2,1H3,(H,30,31). The maximum Gasteiger partial charge on any atom is 0.224 e. The predicted molar refractivity (Wildman–Crippen MR) is 129 cm³/mol. The van der Waals surface area contributed by atoms with Crippen LogP contribution in [0.3, 0.4) is 0 Å². The molecule has 3 aromatic rings. The Labute approximate surface area is 190 Å². The summed E-state index contributed by atoms with van der Waals surface area (Å²) < 4.78 is 5.81. The number of benzene rings is 2. The fourth-order valence-electron chi connectivity index (χ4n) is 4.19. The van der Waals surface area contributed by atoms with E-state index in [2.05, 4.69) is 34.7 Å². The molecule has 5 nitrogen and oxygen atoms in total. The van der Waals surface area contributed by atoms with Crippen LogP contribution in [0.5, 0.6) is 5.75 Å². The molecule has 1 saturated heterocycles. The zero-order valence-corrected chi connectivity index (χ0v) is 18.6. The van der Waals surface area contributed by atoms with Crippen molar-refractivity contribution >= 4 is 11.6 Å². The van der Waals surface area contributed by atoms with Gasteiger partial charge in [0, 0.05) is 23.9 Å². The summed E-state index contributed by atoms with van der Waals surface area (Å²) in [4.78, 5) is 16.8. The third-order valence-corrected chi connectivity index (χ3v) is 5.97. The fourth-order valence-corrected chi connectivity index (χ4v) is 4.19. The lowest BCUT2D eigenvalue weighted by molar-refractivity contribution is -0.116. The summed E-state index contributed by atoms with van der Waals surface area (Å²) in [5.74, 6) is 1.40. The lowest BCUT2D eigenvalue weighted by atomic mass is 9.87. The molecule has 32 heavy (non-hydrogen) atoms. The van der Waals surface area contributed by atoms with Gasteiger partial charge in [-0.15, -0.1) is 0 Å². The number of piperidine rings is 1. The number of nitrogens with one attached hydrogen (secondary N) is 2. The number of amides is 1. The van der Waals surface area contributed by atoms with Crippen molar-refractivity contribution in [2.75, 3.05) is 25.0 Å². The molecular weight excluding hydrogens is 398 g/mol. The van der Waals surface area contributed by atoms with Gasteiger partial charge in [0.2, 0.25) is 5.91 Å². The molecule has 1 amide bonds. The second-order valence-corrected chi connectivity index (χ2v) is 8.34. The molecule has 0 atom stereocenters. The molecule has 0 radical (unpaired) electrons.